The molecule has 0 aliphatic carbocycles. The average Bonchev–Trinajstić information content (AvgIpc) is 2.92. The lowest BCUT2D eigenvalue weighted by atomic mass is 10.1. The van der Waals surface area contributed by atoms with E-state index in [0.717, 1.165) is 18.7 Å². The highest BCUT2D eigenvalue weighted by atomic mass is 19.4. The Kier molecular flexibility index (Phi) is 5.18. The van der Waals surface area contributed by atoms with E-state index in [1.165, 1.54) is 6.07 Å². The number of nitriles is 2. The second-order valence-electron chi connectivity index (χ2n) is 6.16. The van der Waals surface area contributed by atoms with Gasteiger partial charge in [0.05, 0.1) is 22.4 Å². The van der Waals surface area contributed by atoms with Crippen LogP contribution in [0.1, 0.15) is 23.1 Å². The molecule has 138 valence electrons. The lowest BCUT2D eigenvalue weighted by Crippen LogP contribution is -2.32. The van der Waals surface area contributed by atoms with E-state index in [1.807, 2.05) is 9.80 Å². The number of hydrogen-bond donors (Lipinski definition) is 0. The maximum atomic E-state index is 12.7. The van der Waals surface area contributed by atoms with Crippen molar-refractivity contribution >= 4 is 11.5 Å². The van der Waals surface area contributed by atoms with Gasteiger partial charge in [0.25, 0.3) is 0 Å². The molecule has 0 saturated carbocycles. The van der Waals surface area contributed by atoms with Gasteiger partial charge in [0.2, 0.25) is 0 Å². The summed E-state index contributed by atoms with van der Waals surface area (Å²) in [6, 6.07) is 11.7. The van der Waals surface area contributed by atoms with Crippen LogP contribution in [0, 0.1) is 22.7 Å². The van der Waals surface area contributed by atoms with Gasteiger partial charge in [-0.05, 0) is 30.7 Å². The Morgan fingerprint density at radius 3 is 2.07 bits per heavy atom. The van der Waals surface area contributed by atoms with Crippen LogP contribution >= 0.6 is 0 Å². The van der Waals surface area contributed by atoms with Crippen LogP contribution in [0.2, 0.25) is 0 Å². The molecule has 8 heteroatoms. The fourth-order valence-electron chi connectivity index (χ4n) is 3.18. The van der Waals surface area contributed by atoms with Crippen molar-refractivity contribution in [3.8, 4) is 12.1 Å². The SMILES string of the molecule is N#Cc1cccc(C#N)c1N1CCCN(c2ccc(C(F)(F)F)cn2)CC1. The van der Waals surface area contributed by atoms with Crippen LogP contribution in [-0.4, -0.2) is 31.2 Å². The third-order valence-corrected chi connectivity index (χ3v) is 4.49. The number of pyridine rings is 1. The summed E-state index contributed by atoms with van der Waals surface area (Å²) in [7, 11) is 0. The van der Waals surface area contributed by atoms with Crippen molar-refractivity contribution in [3.05, 3.63) is 53.2 Å². The maximum absolute atomic E-state index is 12.7. The van der Waals surface area contributed by atoms with E-state index < -0.39 is 11.7 Å². The second kappa shape index (κ2) is 7.55. The van der Waals surface area contributed by atoms with Crippen molar-refractivity contribution in [3.63, 3.8) is 0 Å². The Balaban J connectivity index is 1.79. The lowest BCUT2D eigenvalue weighted by Gasteiger charge is -2.25. The molecule has 5 nitrogen and oxygen atoms in total. The lowest BCUT2D eigenvalue weighted by molar-refractivity contribution is -0.137. The minimum Gasteiger partial charge on any atom is -0.368 e. The van der Waals surface area contributed by atoms with Crippen molar-refractivity contribution in [2.75, 3.05) is 36.0 Å². The topological polar surface area (TPSA) is 67.0 Å². The van der Waals surface area contributed by atoms with E-state index in [1.54, 1.807) is 18.2 Å². The number of anilines is 2. The number of benzene rings is 1. The van der Waals surface area contributed by atoms with Crippen molar-refractivity contribution < 1.29 is 13.2 Å². The number of rotatable bonds is 2. The van der Waals surface area contributed by atoms with Gasteiger partial charge in [-0.25, -0.2) is 4.98 Å². The van der Waals surface area contributed by atoms with Gasteiger partial charge in [-0.3, -0.25) is 0 Å². The summed E-state index contributed by atoms with van der Waals surface area (Å²) in [6.07, 6.45) is -2.83. The van der Waals surface area contributed by atoms with Crippen LogP contribution in [0.25, 0.3) is 0 Å². The highest BCUT2D eigenvalue weighted by molar-refractivity contribution is 5.68. The molecule has 0 atom stereocenters. The molecule has 0 bridgehead atoms. The first-order chi connectivity index (χ1) is 12.9. The van der Waals surface area contributed by atoms with Gasteiger partial charge >= 0.3 is 6.18 Å². The Labute approximate surface area is 154 Å². The molecule has 27 heavy (non-hydrogen) atoms. The number of alkyl halides is 3. The molecule has 0 N–H and O–H groups in total. The van der Waals surface area contributed by atoms with E-state index in [-0.39, 0.29) is 0 Å². The van der Waals surface area contributed by atoms with Crippen LogP contribution in [0.4, 0.5) is 24.7 Å². The number of para-hydroxylation sites is 1. The van der Waals surface area contributed by atoms with Gasteiger partial charge in [0.1, 0.15) is 18.0 Å². The van der Waals surface area contributed by atoms with Gasteiger partial charge in [-0.15, -0.1) is 0 Å². The first-order valence-electron chi connectivity index (χ1n) is 8.40. The van der Waals surface area contributed by atoms with Crippen molar-refractivity contribution in [2.24, 2.45) is 0 Å². The highest BCUT2D eigenvalue weighted by Crippen LogP contribution is 2.30. The van der Waals surface area contributed by atoms with Crippen LogP contribution in [0.15, 0.2) is 36.5 Å². The molecular formula is C19H16F3N5. The zero-order valence-electron chi connectivity index (χ0n) is 14.4. The molecule has 1 aliphatic heterocycles. The third kappa shape index (κ3) is 3.95. The first-order valence-corrected chi connectivity index (χ1v) is 8.40. The minimum absolute atomic E-state index is 0.440. The van der Waals surface area contributed by atoms with Gasteiger partial charge in [0, 0.05) is 32.4 Å². The summed E-state index contributed by atoms with van der Waals surface area (Å²) in [6.45, 7) is 2.34. The molecule has 3 rings (SSSR count). The van der Waals surface area contributed by atoms with E-state index in [4.69, 9.17) is 0 Å². The predicted octanol–water partition coefficient (Wildman–Crippen LogP) is 3.56. The molecule has 1 aliphatic rings. The average molecular weight is 371 g/mol. The van der Waals surface area contributed by atoms with E-state index in [2.05, 4.69) is 17.1 Å². The standard InChI is InChI=1S/C19H16F3N5/c20-19(21,22)16-5-6-17(25-13-16)26-7-2-8-27(10-9-26)18-14(11-23)3-1-4-15(18)12-24/h1,3-6,13H,2,7-10H2. The predicted molar refractivity (Wildman–Crippen MR) is 94.2 cm³/mol. The number of hydrogen-bond acceptors (Lipinski definition) is 5. The van der Waals surface area contributed by atoms with Gasteiger partial charge in [-0.1, -0.05) is 6.07 Å². The zero-order chi connectivity index (χ0) is 19.4. The van der Waals surface area contributed by atoms with Crippen molar-refractivity contribution in [1.29, 1.82) is 10.5 Å². The van der Waals surface area contributed by atoms with Crippen molar-refractivity contribution in [2.45, 2.75) is 12.6 Å². The monoisotopic (exact) mass is 371 g/mol. The Morgan fingerprint density at radius 2 is 1.52 bits per heavy atom. The molecule has 1 aromatic carbocycles. The van der Waals surface area contributed by atoms with E-state index in [9.17, 15) is 23.7 Å². The Hall–Kier alpha value is -3.26. The number of halogens is 3. The summed E-state index contributed by atoms with van der Waals surface area (Å²) in [5, 5.41) is 18.7. The van der Waals surface area contributed by atoms with Gasteiger partial charge in [-0.2, -0.15) is 23.7 Å². The summed E-state index contributed by atoms with van der Waals surface area (Å²) < 4.78 is 38.1. The zero-order valence-corrected chi connectivity index (χ0v) is 14.4. The summed E-state index contributed by atoms with van der Waals surface area (Å²) in [5.74, 6) is 0.485. The van der Waals surface area contributed by atoms with Gasteiger partial charge in [0.15, 0.2) is 0 Å². The second-order valence-corrected chi connectivity index (χ2v) is 6.16. The molecule has 1 saturated heterocycles. The summed E-state index contributed by atoms with van der Waals surface area (Å²) in [4.78, 5) is 7.86. The van der Waals surface area contributed by atoms with Gasteiger partial charge < -0.3 is 9.80 Å². The summed E-state index contributed by atoms with van der Waals surface area (Å²) >= 11 is 0. The molecule has 1 aromatic heterocycles. The highest BCUT2D eigenvalue weighted by Gasteiger charge is 2.31. The van der Waals surface area contributed by atoms with E-state index in [0.29, 0.717) is 48.8 Å². The first kappa shape index (κ1) is 18.5. The molecule has 0 amide bonds. The van der Waals surface area contributed by atoms with Crippen LogP contribution in [0.5, 0.6) is 0 Å². The Morgan fingerprint density at radius 1 is 0.889 bits per heavy atom. The number of aromatic nitrogens is 1. The minimum atomic E-state index is -4.41. The fourth-order valence-corrected chi connectivity index (χ4v) is 3.18. The van der Waals surface area contributed by atoms with Crippen LogP contribution in [0.3, 0.4) is 0 Å². The van der Waals surface area contributed by atoms with Crippen LogP contribution in [-0.2, 0) is 6.18 Å². The van der Waals surface area contributed by atoms with Crippen LogP contribution < -0.4 is 9.80 Å². The number of nitrogens with zero attached hydrogens (tertiary/aromatic N) is 5. The molecule has 1 fully saturated rings. The van der Waals surface area contributed by atoms with Crippen molar-refractivity contribution in [1.82, 2.24) is 4.98 Å². The molecular weight excluding hydrogens is 355 g/mol. The molecule has 0 spiro atoms. The molecule has 2 heterocycles. The Bertz CT molecular complexity index is 861. The largest absolute Gasteiger partial charge is 0.417 e. The molecule has 0 unspecified atom stereocenters. The quantitative estimate of drug-likeness (QED) is 0.808. The normalized spacial score (nSPS) is 15.0. The summed E-state index contributed by atoms with van der Waals surface area (Å²) in [5.41, 5.74) is 0.722. The maximum Gasteiger partial charge on any atom is 0.417 e. The molecule has 0 radical (unpaired) electrons. The third-order valence-electron chi connectivity index (χ3n) is 4.49. The molecule has 2 aromatic rings. The fraction of sp³-hybridized carbons (Fsp3) is 0.316. The van der Waals surface area contributed by atoms with E-state index >= 15 is 0 Å². The smallest absolute Gasteiger partial charge is 0.368 e.